The molecule has 1 aromatic rings. The molecule has 2 heterocycles. The lowest BCUT2D eigenvalue weighted by Gasteiger charge is -2.31. The molecule has 1 aliphatic heterocycles. The third kappa shape index (κ3) is 2.08. The molecule has 0 radical (unpaired) electrons. The highest BCUT2D eigenvalue weighted by molar-refractivity contribution is 6.03. The Bertz CT molecular complexity index is 497. The van der Waals surface area contributed by atoms with Gasteiger partial charge in [0.1, 0.15) is 5.69 Å². The summed E-state index contributed by atoms with van der Waals surface area (Å²) in [6.07, 6.45) is 3.31. The molecule has 1 N–H and O–H groups in total. The summed E-state index contributed by atoms with van der Waals surface area (Å²) in [4.78, 5) is 29.1. The van der Waals surface area contributed by atoms with E-state index in [2.05, 4.69) is 4.98 Å². The van der Waals surface area contributed by atoms with Crippen LogP contribution in [0.1, 0.15) is 47.5 Å². The lowest BCUT2D eigenvalue weighted by atomic mass is 10.0. The Morgan fingerprint density at radius 1 is 1.44 bits per heavy atom. The Morgan fingerprint density at radius 3 is 2.72 bits per heavy atom. The number of likely N-dealkylation sites (tertiary alicyclic amines) is 1. The molecule has 0 bridgehead atoms. The quantitative estimate of drug-likeness (QED) is 0.866. The topological polar surface area (TPSA) is 70.5 Å². The number of pyridine rings is 1. The van der Waals surface area contributed by atoms with Crippen molar-refractivity contribution in [1.82, 2.24) is 9.88 Å². The molecule has 1 aromatic heterocycles. The summed E-state index contributed by atoms with van der Waals surface area (Å²) in [5.74, 6) is -1.42. The number of amides is 1. The van der Waals surface area contributed by atoms with Crippen LogP contribution in [0.2, 0.25) is 0 Å². The van der Waals surface area contributed by atoms with Crippen LogP contribution in [0.4, 0.5) is 0 Å². The molecule has 0 atom stereocenters. The first-order chi connectivity index (χ1) is 8.43. The number of carboxylic acid groups (broad SMARTS) is 1. The van der Waals surface area contributed by atoms with Gasteiger partial charge >= 0.3 is 5.97 Å². The Hall–Kier alpha value is -1.91. The average Bonchev–Trinajstić information content (AvgIpc) is 2.68. The summed E-state index contributed by atoms with van der Waals surface area (Å²) in [5, 5.41) is 9.08. The van der Waals surface area contributed by atoms with Gasteiger partial charge in [-0.2, -0.15) is 0 Å². The first-order valence-electron chi connectivity index (χ1n) is 5.94. The zero-order valence-electron chi connectivity index (χ0n) is 10.5. The molecule has 1 amide bonds. The van der Waals surface area contributed by atoms with Crippen molar-refractivity contribution in [2.24, 2.45) is 0 Å². The van der Waals surface area contributed by atoms with Crippen molar-refractivity contribution in [1.29, 1.82) is 0 Å². The number of rotatable bonds is 2. The molecule has 1 saturated heterocycles. The van der Waals surface area contributed by atoms with Crippen molar-refractivity contribution in [2.75, 3.05) is 6.54 Å². The number of hydrogen-bond acceptors (Lipinski definition) is 3. The summed E-state index contributed by atoms with van der Waals surface area (Å²) in [7, 11) is 0. The Morgan fingerprint density at radius 2 is 2.17 bits per heavy atom. The number of carboxylic acids is 1. The van der Waals surface area contributed by atoms with Crippen molar-refractivity contribution in [2.45, 2.75) is 32.2 Å². The Balaban J connectivity index is 2.38. The van der Waals surface area contributed by atoms with Crippen molar-refractivity contribution in [3.8, 4) is 0 Å². The normalized spacial score (nSPS) is 17.8. The summed E-state index contributed by atoms with van der Waals surface area (Å²) < 4.78 is 0. The molecule has 18 heavy (non-hydrogen) atoms. The lowest BCUT2D eigenvalue weighted by Crippen LogP contribution is -2.43. The van der Waals surface area contributed by atoms with Gasteiger partial charge in [0.2, 0.25) is 0 Å². The van der Waals surface area contributed by atoms with Gasteiger partial charge in [-0.05, 0) is 38.8 Å². The average molecular weight is 248 g/mol. The summed E-state index contributed by atoms with van der Waals surface area (Å²) >= 11 is 0. The van der Waals surface area contributed by atoms with Crippen molar-refractivity contribution in [3.63, 3.8) is 0 Å². The number of aromatic carboxylic acids is 1. The first kappa shape index (κ1) is 12.5. The molecule has 0 saturated carbocycles. The van der Waals surface area contributed by atoms with E-state index in [1.165, 1.54) is 18.3 Å². The van der Waals surface area contributed by atoms with E-state index in [9.17, 15) is 9.59 Å². The Kier molecular flexibility index (Phi) is 3.07. The number of aromatic nitrogens is 1. The smallest absolute Gasteiger partial charge is 0.338 e. The fourth-order valence-electron chi connectivity index (χ4n) is 2.36. The largest absolute Gasteiger partial charge is 0.478 e. The van der Waals surface area contributed by atoms with Crippen LogP contribution in [-0.2, 0) is 0 Å². The van der Waals surface area contributed by atoms with Crippen LogP contribution >= 0.6 is 0 Å². The lowest BCUT2D eigenvalue weighted by molar-refractivity contribution is 0.0619. The number of carbonyl (C=O) groups excluding carboxylic acids is 1. The van der Waals surface area contributed by atoms with E-state index in [-0.39, 0.29) is 22.7 Å². The molecular weight excluding hydrogens is 232 g/mol. The SMILES string of the molecule is CC1(C)CCCN1C(=O)c1ncccc1C(=O)O. The van der Waals surface area contributed by atoms with E-state index in [1.807, 2.05) is 13.8 Å². The molecule has 1 fully saturated rings. The highest BCUT2D eigenvalue weighted by atomic mass is 16.4. The maximum Gasteiger partial charge on any atom is 0.338 e. The van der Waals surface area contributed by atoms with E-state index in [0.717, 1.165) is 12.8 Å². The third-order valence-electron chi connectivity index (χ3n) is 3.39. The van der Waals surface area contributed by atoms with Gasteiger partial charge in [-0.3, -0.25) is 9.78 Å². The van der Waals surface area contributed by atoms with Gasteiger partial charge < -0.3 is 10.0 Å². The predicted octanol–water partition coefficient (Wildman–Crippen LogP) is 1.79. The van der Waals surface area contributed by atoms with Crippen molar-refractivity contribution < 1.29 is 14.7 Å². The second-order valence-corrected chi connectivity index (χ2v) is 5.08. The fourth-order valence-corrected chi connectivity index (χ4v) is 2.36. The molecule has 5 heteroatoms. The maximum atomic E-state index is 12.4. The van der Waals surface area contributed by atoms with Crippen LogP contribution in [0.3, 0.4) is 0 Å². The number of hydrogen-bond donors (Lipinski definition) is 1. The third-order valence-corrected chi connectivity index (χ3v) is 3.39. The van der Waals surface area contributed by atoms with Gasteiger partial charge in [-0.1, -0.05) is 0 Å². The zero-order chi connectivity index (χ0) is 13.3. The minimum absolute atomic E-state index is 0.0278. The van der Waals surface area contributed by atoms with E-state index >= 15 is 0 Å². The predicted molar refractivity (Wildman–Crippen MR) is 65.5 cm³/mol. The first-order valence-corrected chi connectivity index (χ1v) is 5.94. The highest BCUT2D eigenvalue weighted by Gasteiger charge is 2.37. The minimum atomic E-state index is -1.12. The van der Waals surface area contributed by atoms with Crippen LogP contribution in [0, 0.1) is 0 Å². The van der Waals surface area contributed by atoms with E-state index in [4.69, 9.17) is 5.11 Å². The maximum absolute atomic E-state index is 12.4. The molecule has 0 unspecified atom stereocenters. The van der Waals surface area contributed by atoms with Crippen LogP contribution in [-0.4, -0.2) is 39.0 Å². The van der Waals surface area contributed by atoms with Crippen LogP contribution in [0.5, 0.6) is 0 Å². The van der Waals surface area contributed by atoms with Gasteiger partial charge in [-0.15, -0.1) is 0 Å². The Labute approximate surface area is 105 Å². The number of nitrogens with zero attached hydrogens (tertiary/aromatic N) is 2. The molecule has 5 nitrogen and oxygen atoms in total. The van der Waals surface area contributed by atoms with E-state index in [1.54, 1.807) is 4.90 Å². The van der Waals surface area contributed by atoms with E-state index in [0.29, 0.717) is 6.54 Å². The molecule has 0 spiro atoms. The zero-order valence-corrected chi connectivity index (χ0v) is 10.5. The standard InChI is InChI=1S/C13H16N2O3/c1-13(2)6-4-8-15(13)11(16)10-9(12(17)18)5-3-7-14-10/h3,5,7H,4,6,8H2,1-2H3,(H,17,18). The van der Waals surface area contributed by atoms with Gasteiger partial charge in [0.15, 0.2) is 0 Å². The summed E-state index contributed by atoms with van der Waals surface area (Å²) in [6, 6.07) is 2.93. The molecule has 96 valence electrons. The highest BCUT2D eigenvalue weighted by Crippen LogP contribution is 2.29. The summed E-state index contributed by atoms with van der Waals surface area (Å²) in [5.41, 5.74) is -0.241. The van der Waals surface area contributed by atoms with Crippen LogP contribution in [0.15, 0.2) is 18.3 Å². The molecule has 2 rings (SSSR count). The second-order valence-electron chi connectivity index (χ2n) is 5.08. The molecule has 1 aliphatic rings. The van der Waals surface area contributed by atoms with Gasteiger partial charge in [0.05, 0.1) is 5.56 Å². The molecule has 0 aliphatic carbocycles. The van der Waals surface area contributed by atoms with Gasteiger partial charge in [0, 0.05) is 18.3 Å². The monoisotopic (exact) mass is 248 g/mol. The van der Waals surface area contributed by atoms with Crippen LogP contribution in [0.25, 0.3) is 0 Å². The fraction of sp³-hybridized carbons (Fsp3) is 0.462. The number of carbonyl (C=O) groups is 2. The van der Waals surface area contributed by atoms with Crippen molar-refractivity contribution in [3.05, 3.63) is 29.6 Å². The van der Waals surface area contributed by atoms with Crippen LogP contribution < -0.4 is 0 Å². The molecular formula is C13H16N2O3. The molecule has 0 aromatic carbocycles. The second kappa shape index (κ2) is 4.40. The van der Waals surface area contributed by atoms with Gasteiger partial charge in [0.25, 0.3) is 5.91 Å². The van der Waals surface area contributed by atoms with E-state index < -0.39 is 5.97 Å². The van der Waals surface area contributed by atoms with Crippen molar-refractivity contribution >= 4 is 11.9 Å². The summed E-state index contributed by atoms with van der Waals surface area (Å²) in [6.45, 7) is 4.63. The van der Waals surface area contributed by atoms with Gasteiger partial charge in [-0.25, -0.2) is 4.79 Å². The minimum Gasteiger partial charge on any atom is -0.478 e.